The highest BCUT2D eigenvalue weighted by molar-refractivity contribution is 5.98. The number of allylic oxidation sites excluding steroid dienone is 1. The zero-order valence-corrected chi connectivity index (χ0v) is 6.54. The van der Waals surface area contributed by atoms with Crippen molar-refractivity contribution < 1.29 is 9.59 Å². The molecule has 1 heterocycles. The number of carbonyl (C=O) groups excluding carboxylic acids is 2. The average molecular weight is 166 g/mol. The molecule has 0 aromatic rings. The summed E-state index contributed by atoms with van der Waals surface area (Å²) in [6.45, 7) is 0. The fraction of sp³-hybridized carbons (Fsp3) is 0.500. The van der Waals surface area contributed by atoms with Crippen molar-refractivity contribution in [3.05, 3.63) is 12.2 Å². The van der Waals surface area contributed by atoms with Crippen LogP contribution in [0.3, 0.4) is 0 Å². The fourth-order valence-corrected chi connectivity index (χ4v) is 1.67. The molecule has 0 unspecified atom stereocenters. The van der Waals surface area contributed by atoms with Crippen LogP contribution in [0, 0.1) is 5.92 Å². The largest absolute Gasteiger partial charge is 0.334 e. The Hall–Kier alpha value is -1.32. The molecule has 0 bridgehead atoms. The lowest BCUT2D eigenvalue weighted by Crippen LogP contribution is -2.58. The lowest BCUT2D eigenvalue weighted by atomic mass is 9.87. The number of carbonyl (C=O) groups is 2. The first kappa shape index (κ1) is 7.34. The molecule has 12 heavy (non-hydrogen) atoms. The van der Waals surface area contributed by atoms with Crippen LogP contribution in [-0.2, 0) is 4.79 Å². The highest BCUT2D eigenvalue weighted by atomic mass is 16.2. The second-order valence-electron chi connectivity index (χ2n) is 3.12. The van der Waals surface area contributed by atoms with E-state index >= 15 is 0 Å². The van der Waals surface area contributed by atoms with Crippen molar-refractivity contribution in [2.75, 3.05) is 0 Å². The lowest BCUT2D eigenvalue weighted by molar-refractivity contribution is -0.125. The van der Waals surface area contributed by atoms with E-state index in [0.29, 0.717) is 0 Å². The quantitative estimate of drug-likeness (QED) is 0.504. The molecular weight excluding hydrogens is 156 g/mol. The van der Waals surface area contributed by atoms with Crippen molar-refractivity contribution in [2.45, 2.75) is 18.9 Å². The van der Waals surface area contributed by atoms with Crippen LogP contribution in [0.15, 0.2) is 12.2 Å². The standard InChI is InChI=1S/C8H10N2O2/c11-7-5-3-1-2-4-6(5)9-8(12)10-7/h1-2,5-6H,3-4H2,(H2,9,10,11,12)/t5-,6+/m1/s1. The van der Waals surface area contributed by atoms with Gasteiger partial charge >= 0.3 is 6.03 Å². The van der Waals surface area contributed by atoms with Gasteiger partial charge in [0.2, 0.25) is 5.91 Å². The highest BCUT2D eigenvalue weighted by Gasteiger charge is 2.34. The van der Waals surface area contributed by atoms with Gasteiger partial charge in [-0.1, -0.05) is 12.2 Å². The van der Waals surface area contributed by atoms with Gasteiger partial charge in [0, 0.05) is 6.04 Å². The highest BCUT2D eigenvalue weighted by Crippen LogP contribution is 2.21. The minimum atomic E-state index is -0.364. The number of nitrogens with one attached hydrogen (secondary N) is 2. The third kappa shape index (κ3) is 1.09. The SMILES string of the molecule is O=C1NC(=O)[C@@H]2CC=CC[C@@H]2N1. The summed E-state index contributed by atoms with van der Waals surface area (Å²) >= 11 is 0. The van der Waals surface area contributed by atoms with Crippen LogP contribution in [-0.4, -0.2) is 18.0 Å². The van der Waals surface area contributed by atoms with Crippen LogP contribution in [0.25, 0.3) is 0 Å². The van der Waals surface area contributed by atoms with Gasteiger partial charge in [0.25, 0.3) is 0 Å². The van der Waals surface area contributed by atoms with Gasteiger partial charge in [0.15, 0.2) is 0 Å². The van der Waals surface area contributed by atoms with E-state index in [2.05, 4.69) is 10.6 Å². The molecule has 0 aromatic carbocycles. The van der Waals surface area contributed by atoms with Crippen molar-refractivity contribution in [1.29, 1.82) is 0 Å². The van der Waals surface area contributed by atoms with Crippen molar-refractivity contribution in [3.8, 4) is 0 Å². The molecule has 64 valence electrons. The van der Waals surface area contributed by atoms with E-state index in [1.807, 2.05) is 12.2 Å². The molecule has 2 aliphatic rings. The van der Waals surface area contributed by atoms with Gasteiger partial charge in [-0.2, -0.15) is 0 Å². The molecule has 2 N–H and O–H groups in total. The van der Waals surface area contributed by atoms with Gasteiger partial charge in [0.05, 0.1) is 5.92 Å². The number of fused-ring (bicyclic) bond motifs is 1. The Kier molecular flexibility index (Phi) is 1.60. The smallest absolute Gasteiger partial charge is 0.321 e. The van der Waals surface area contributed by atoms with E-state index in [4.69, 9.17) is 0 Å². The Morgan fingerprint density at radius 3 is 2.83 bits per heavy atom. The summed E-state index contributed by atoms with van der Waals surface area (Å²) in [6.07, 6.45) is 5.48. The van der Waals surface area contributed by atoms with Crippen LogP contribution >= 0.6 is 0 Å². The van der Waals surface area contributed by atoms with Crippen molar-refractivity contribution in [3.63, 3.8) is 0 Å². The van der Waals surface area contributed by atoms with Crippen LogP contribution in [0.5, 0.6) is 0 Å². The summed E-state index contributed by atoms with van der Waals surface area (Å²) in [7, 11) is 0. The summed E-state index contributed by atoms with van der Waals surface area (Å²) in [5.41, 5.74) is 0. The molecule has 0 spiro atoms. The summed E-state index contributed by atoms with van der Waals surface area (Å²) in [5.74, 6) is -0.208. The number of urea groups is 1. The predicted octanol–water partition coefficient (Wildman–Crippen LogP) is 0.161. The van der Waals surface area contributed by atoms with E-state index in [1.54, 1.807) is 0 Å². The van der Waals surface area contributed by atoms with Crippen LogP contribution in [0.1, 0.15) is 12.8 Å². The molecule has 2 atom stereocenters. The Balaban J connectivity index is 2.18. The zero-order chi connectivity index (χ0) is 8.55. The average Bonchev–Trinajstić information content (AvgIpc) is 2.04. The molecule has 2 rings (SSSR count). The van der Waals surface area contributed by atoms with Crippen molar-refractivity contribution in [1.82, 2.24) is 10.6 Å². The maximum atomic E-state index is 11.2. The molecule has 4 heteroatoms. The van der Waals surface area contributed by atoms with Crippen molar-refractivity contribution >= 4 is 11.9 Å². The first-order chi connectivity index (χ1) is 5.77. The van der Waals surface area contributed by atoms with E-state index in [9.17, 15) is 9.59 Å². The van der Waals surface area contributed by atoms with Crippen LogP contribution in [0.2, 0.25) is 0 Å². The molecular formula is C8H10N2O2. The van der Waals surface area contributed by atoms with Gasteiger partial charge in [-0.3, -0.25) is 10.1 Å². The Labute approximate surface area is 70.0 Å². The molecule has 0 saturated carbocycles. The summed E-state index contributed by atoms with van der Waals surface area (Å²) in [4.78, 5) is 22.1. The molecule has 4 nitrogen and oxygen atoms in total. The summed E-state index contributed by atoms with van der Waals surface area (Å²) < 4.78 is 0. The molecule has 1 aliphatic heterocycles. The minimum absolute atomic E-state index is 0.0104. The molecule has 1 aliphatic carbocycles. The molecule has 0 radical (unpaired) electrons. The van der Waals surface area contributed by atoms with E-state index in [0.717, 1.165) is 12.8 Å². The fourth-order valence-electron chi connectivity index (χ4n) is 1.67. The maximum Gasteiger partial charge on any atom is 0.321 e. The number of rotatable bonds is 0. The predicted molar refractivity (Wildman–Crippen MR) is 42.3 cm³/mol. The van der Waals surface area contributed by atoms with E-state index in [-0.39, 0.29) is 23.9 Å². The Morgan fingerprint density at radius 1 is 1.25 bits per heavy atom. The molecule has 1 fully saturated rings. The van der Waals surface area contributed by atoms with E-state index < -0.39 is 0 Å². The summed E-state index contributed by atoms with van der Waals surface area (Å²) in [6, 6.07) is -0.354. The van der Waals surface area contributed by atoms with Gasteiger partial charge in [-0.15, -0.1) is 0 Å². The Morgan fingerprint density at radius 2 is 2.00 bits per heavy atom. The van der Waals surface area contributed by atoms with Crippen LogP contribution < -0.4 is 10.6 Å². The Bertz CT molecular complexity index is 260. The minimum Gasteiger partial charge on any atom is -0.334 e. The molecule has 1 saturated heterocycles. The zero-order valence-electron chi connectivity index (χ0n) is 6.54. The maximum absolute atomic E-state index is 11.2. The first-order valence-electron chi connectivity index (χ1n) is 4.04. The lowest BCUT2D eigenvalue weighted by Gasteiger charge is -2.32. The number of imide groups is 1. The normalized spacial score (nSPS) is 33.7. The van der Waals surface area contributed by atoms with Gasteiger partial charge in [-0.25, -0.2) is 4.79 Å². The topological polar surface area (TPSA) is 58.2 Å². The monoisotopic (exact) mass is 166 g/mol. The van der Waals surface area contributed by atoms with Gasteiger partial charge < -0.3 is 5.32 Å². The molecule has 0 aromatic heterocycles. The second-order valence-corrected chi connectivity index (χ2v) is 3.12. The second kappa shape index (κ2) is 2.62. The molecule has 3 amide bonds. The number of hydrogen-bond donors (Lipinski definition) is 2. The number of hydrogen-bond acceptors (Lipinski definition) is 2. The summed E-state index contributed by atoms with van der Waals surface area (Å²) in [5, 5.41) is 4.98. The van der Waals surface area contributed by atoms with Gasteiger partial charge in [0.1, 0.15) is 0 Å². The van der Waals surface area contributed by atoms with Crippen LogP contribution in [0.4, 0.5) is 4.79 Å². The van der Waals surface area contributed by atoms with Gasteiger partial charge in [-0.05, 0) is 12.8 Å². The third-order valence-electron chi connectivity index (χ3n) is 2.32. The third-order valence-corrected chi connectivity index (χ3v) is 2.32. The first-order valence-corrected chi connectivity index (χ1v) is 4.04. The van der Waals surface area contributed by atoms with E-state index in [1.165, 1.54) is 0 Å². The van der Waals surface area contributed by atoms with Crippen molar-refractivity contribution in [2.24, 2.45) is 5.92 Å². The number of amides is 3.